The fraction of sp³-hybridized carbons (Fsp3) is 0.0625. The molecule has 0 aliphatic carbocycles. The zero-order chi connectivity index (χ0) is 17.3. The quantitative estimate of drug-likeness (QED) is 0.632. The standard InChI is InChI=1S/C16H12N2O5S/c1-22-16(21)9-5-6-24-15(9)18-14(20)10-7-8-3-2-4-11(19)12(8)23-13(10)17/h2-7,17,19H,1H3,(H,18,20). The highest BCUT2D eigenvalue weighted by Gasteiger charge is 2.18. The van der Waals surface area contributed by atoms with Gasteiger partial charge in [0.25, 0.3) is 5.91 Å². The number of aromatic hydroxyl groups is 1. The molecule has 0 fully saturated rings. The molecule has 7 nitrogen and oxygen atoms in total. The summed E-state index contributed by atoms with van der Waals surface area (Å²) in [7, 11) is 1.25. The summed E-state index contributed by atoms with van der Waals surface area (Å²) in [5.74, 6) is -1.27. The Bertz CT molecular complexity index is 1010. The summed E-state index contributed by atoms with van der Waals surface area (Å²) >= 11 is 1.16. The van der Waals surface area contributed by atoms with Crippen molar-refractivity contribution in [2.45, 2.75) is 0 Å². The molecular weight excluding hydrogens is 332 g/mol. The minimum absolute atomic E-state index is 0.0164. The lowest BCUT2D eigenvalue weighted by Gasteiger charge is -2.07. The molecule has 0 aliphatic rings. The molecule has 8 heteroatoms. The number of methoxy groups -OCH3 is 1. The number of phenolic OH excluding ortho intramolecular Hbond substituents is 1. The van der Waals surface area contributed by atoms with Crippen molar-refractivity contribution in [3.8, 4) is 5.75 Å². The lowest BCUT2D eigenvalue weighted by Crippen LogP contribution is -2.21. The maximum absolute atomic E-state index is 12.4. The van der Waals surface area contributed by atoms with Gasteiger partial charge in [-0.1, -0.05) is 12.1 Å². The summed E-state index contributed by atoms with van der Waals surface area (Å²) in [5, 5.41) is 22.6. The largest absolute Gasteiger partial charge is 0.504 e. The lowest BCUT2D eigenvalue weighted by molar-refractivity contribution is 0.0602. The Kier molecular flexibility index (Phi) is 4.05. The molecule has 0 aliphatic heterocycles. The summed E-state index contributed by atoms with van der Waals surface area (Å²) < 4.78 is 9.88. The van der Waals surface area contributed by atoms with Crippen LogP contribution in [0.15, 0.2) is 40.1 Å². The van der Waals surface area contributed by atoms with E-state index >= 15 is 0 Å². The molecular formula is C16H12N2O5S. The van der Waals surface area contributed by atoms with Gasteiger partial charge in [0.2, 0.25) is 5.55 Å². The van der Waals surface area contributed by atoms with Crippen LogP contribution >= 0.6 is 11.3 Å². The van der Waals surface area contributed by atoms with Crippen LogP contribution in [-0.2, 0) is 4.74 Å². The van der Waals surface area contributed by atoms with E-state index in [1.165, 1.54) is 25.3 Å². The average molecular weight is 344 g/mol. The molecule has 0 radical (unpaired) electrons. The van der Waals surface area contributed by atoms with E-state index < -0.39 is 17.4 Å². The molecule has 1 aromatic carbocycles. The number of carbonyl (C=O) groups excluding carboxylic acids is 2. The third-order valence-corrected chi connectivity index (χ3v) is 4.15. The zero-order valence-corrected chi connectivity index (χ0v) is 13.3. The predicted octanol–water partition coefficient (Wildman–Crippen LogP) is 2.72. The SMILES string of the molecule is COC(=O)c1ccsc1NC(=O)c1cc2cccc(O)c2oc1=N. The molecule has 2 heterocycles. The van der Waals surface area contributed by atoms with Crippen molar-refractivity contribution in [3.05, 3.63) is 52.4 Å². The topological polar surface area (TPSA) is 113 Å². The number of para-hydroxylation sites is 1. The highest BCUT2D eigenvalue weighted by Crippen LogP contribution is 2.26. The molecule has 3 N–H and O–H groups in total. The molecule has 0 spiro atoms. The first kappa shape index (κ1) is 15.8. The Morgan fingerprint density at radius 2 is 2.08 bits per heavy atom. The van der Waals surface area contributed by atoms with Gasteiger partial charge >= 0.3 is 5.97 Å². The second kappa shape index (κ2) is 6.17. The van der Waals surface area contributed by atoms with Gasteiger partial charge in [-0.25, -0.2) is 4.79 Å². The van der Waals surface area contributed by atoms with Gasteiger partial charge in [0.05, 0.1) is 12.7 Å². The van der Waals surface area contributed by atoms with Crippen molar-refractivity contribution in [1.29, 1.82) is 5.41 Å². The van der Waals surface area contributed by atoms with E-state index in [1.807, 2.05) is 0 Å². The van der Waals surface area contributed by atoms with Crippen LogP contribution in [-0.4, -0.2) is 24.1 Å². The van der Waals surface area contributed by atoms with Crippen LogP contribution < -0.4 is 10.9 Å². The molecule has 24 heavy (non-hydrogen) atoms. The minimum Gasteiger partial charge on any atom is -0.504 e. The number of carbonyl (C=O) groups is 2. The van der Waals surface area contributed by atoms with Gasteiger partial charge in [-0.15, -0.1) is 11.3 Å². The normalized spacial score (nSPS) is 10.5. The second-order valence-corrected chi connectivity index (χ2v) is 5.71. The number of benzene rings is 1. The van der Waals surface area contributed by atoms with Gasteiger partial charge in [-0.3, -0.25) is 10.2 Å². The molecule has 0 unspecified atom stereocenters. The van der Waals surface area contributed by atoms with Crippen molar-refractivity contribution in [1.82, 2.24) is 0 Å². The number of thiophene rings is 1. The van der Waals surface area contributed by atoms with Gasteiger partial charge in [0.15, 0.2) is 11.3 Å². The summed E-state index contributed by atoms with van der Waals surface area (Å²) in [4.78, 5) is 24.1. The number of hydrogen-bond donors (Lipinski definition) is 3. The number of hydrogen-bond acceptors (Lipinski definition) is 7. The maximum atomic E-state index is 12.4. The zero-order valence-electron chi connectivity index (χ0n) is 12.5. The number of amides is 1. The van der Waals surface area contributed by atoms with E-state index in [2.05, 4.69) is 10.1 Å². The van der Waals surface area contributed by atoms with Crippen LogP contribution in [0.1, 0.15) is 20.7 Å². The van der Waals surface area contributed by atoms with E-state index in [9.17, 15) is 14.7 Å². The van der Waals surface area contributed by atoms with Gasteiger partial charge in [-0.2, -0.15) is 0 Å². The van der Waals surface area contributed by atoms with Gasteiger partial charge in [0.1, 0.15) is 10.6 Å². The Balaban J connectivity index is 1.98. The number of fused-ring (bicyclic) bond motifs is 1. The van der Waals surface area contributed by atoms with Crippen molar-refractivity contribution in [3.63, 3.8) is 0 Å². The maximum Gasteiger partial charge on any atom is 0.340 e. The molecule has 3 aromatic rings. The van der Waals surface area contributed by atoms with E-state index in [-0.39, 0.29) is 22.5 Å². The Hall–Kier alpha value is -3.13. The smallest absolute Gasteiger partial charge is 0.340 e. The van der Waals surface area contributed by atoms with Crippen LogP contribution in [0.2, 0.25) is 0 Å². The average Bonchev–Trinajstić information content (AvgIpc) is 3.02. The molecule has 0 saturated carbocycles. The number of phenols is 1. The van der Waals surface area contributed by atoms with Crippen LogP contribution in [0.25, 0.3) is 11.0 Å². The summed E-state index contributed by atoms with van der Waals surface area (Å²) in [6.45, 7) is 0. The second-order valence-electron chi connectivity index (χ2n) is 4.79. The van der Waals surface area contributed by atoms with E-state index in [4.69, 9.17) is 9.83 Å². The minimum atomic E-state index is -0.596. The van der Waals surface area contributed by atoms with Crippen LogP contribution in [0, 0.1) is 5.41 Å². The van der Waals surface area contributed by atoms with E-state index in [0.717, 1.165) is 11.3 Å². The Labute approximate surface area is 139 Å². The Morgan fingerprint density at radius 1 is 1.29 bits per heavy atom. The molecule has 122 valence electrons. The highest BCUT2D eigenvalue weighted by molar-refractivity contribution is 7.14. The molecule has 0 saturated heterocycles. The van der Waals surface area contributed by atoms with Crippen LogP contribution in [0.3, 0.4) is 0 Å². The lowest BCUT2D eigenvalue weighted by atomic mass is 10.1. The number of esters is 1. The first-order valence-corrected chi connectivity index (χ1v) is 7.67. The summed E-state index contributed by atoms with van der Waals surface area (Å²) in [6.07, 6.45) is 0. The summed E-state index contributed by atoms with van der Waals surface area (Å²) in [5.41, 5.74) is -0.0434. The number of nitrogens with one attached hydrogen (secondary N) is 2. The third-order valence-electron chi connectivity index (χ3n) is 3.32. The molecule has 2 aromatic heterocycles. The van der Waals surface area contributed by atoms with Crippen molar-refractivity contribution in [2.24, 2.45) is 0 Å². The highest BCUT2D eigenvalue weighted by atomic mass is 32.1. The molecule has 3 rings (SSSR count). The predicted molar refractivity (Wildman–Crippen MR) is 87.3 cm³/mol. The molecule has 1 amide bonds. The first-order valence-electron chi connectivity index (χ1n) is 6.79. The number of rotatable bonds is 3. The van der Waals surface area contributed by atoms with Gasteiger partial charge in [0, 0.05) is 5.39 Å². The van der Waals surface area contributed by atoms with Crippen LogP contribution in [0.5, 0.6) is 5.75 Å². The van der Waals surface area contributed by atoms with Crippen molar-refractivity contribution in [2.75, 3.05) is 12.4 Å². The first-order chi connectivity index (χ1) is 11.5. The van der Waals surface area contributed by atoms with Crippen molar-refractivity contribution >= 4 is 39.2 Å². The fourth-order valence-corrected chi connectivity index (χ4v) is 2.93. The Morgan fingerprint density at radius 3 is 2.83 bits per heavy atom. The molecule has 0 bridgehead atoms. The number of anilines is 1. The van der Waals surface area contributed by atoms with E-state index in [1.54, 1.807) is 17.5 Å². The third kappa shape index (κ3) is 2.74. The summed E-state index contributed by atoms with van der Waals surface area (Å²) in [6, 6.07) is 7.67. The fourth-order valence-electron chi connectivity index (χ4n) is 2.16. The van der Waals surface area contributed by atoms with Crippen molar-refractivity contribution < 1.29 is 23.8 Å². The van der Waals surface area contributed by atoms with Gasteiger partial charge < -0.3 is 19.6 Å². The molecule has 0 atom stereocenters. The monoisotopic (exact) mass is 344 g/mol. The van der Waals surface area contributed by atoms with Gasteiger partial charge in [-0.05, 0) is 23.6 Å². The van der Waals surface area contributed by atoms with E-state index in [0.29, 0.717) is 10.4 Å². The number of ether oxygens (including phenoxy) is 1. The van der Waals surface area contributed by atoms with Crippen LogP contribution in [0.4, 0.5) is 5.00 Å².